The summed E-state index contributed by atoms with van der Waals surface area (Å²) < 4.78 is 38.5. The zero-order valence-corrected chi connectivity index (χ0v) is 13.2. The predicted molar refractivity (Wildman–Crippen MR) is 63.1 cm³/mol. The summed E-state index contributed by atoms with van der Waals surface area (Å²) >= 11 is 0. The van der Waals surface area contributed by atoms with Gasteiger partial charge in [0.1, 0.15) is 6.04 Å². The second kappa shape index (κ2) is 8.34. The number of carboxylic acids is 1. The van der Waals surface area contributed by atoms with Crippen LogP contribution in [-0.4, -0.2) is 29.7 Å². The third-order valence-corrected chi connectivity index (χ3v) is 2.36. The number of carbonyl (C=O) groups excluding carboxylic acids is 1. The van der Waals surface area contributed by atoms with Crippen LogP contribution in [0, 0.1) is 0 Å². The number of carbonyl (C=O) groups is 1. The molecule has 0 saturated heterocycles. The molecular weight excluding hydrogens is 520 g/mol. The van der Waals surface area contributed by atoms with Gasteiger partial charge in [-0.1, -0.05) is 19.1 Å². The summed E-state index contributed by atoms with van der Waals surface area (Å²) in [4.78, 5) is 20.9. The number of aliphatic carboxylic acids is 1. The number of carboxylic acid groups (broad SMARTS) is 1. The van der Waals surface area contributed by atoms with Gasteiger partial charge in [-0.2, -0.15) is 19.6 Å². The number of amides is 1. The summed E-state index contributed by atoms with van der Waals surface area (Å²) in [5.41, 5.74) is -1.05. The summed E-state index contributed by atoms with van der Waals surface area (Å²) in [7, 11) is 0. The van der Waals surface area contributed by atoms with Crippen molar-refractivity contribution >= 4 is 12.4 Å². The summed E-state index contributed by atoms with van der Waals surface area (Å²) in [5.74, 6) is -1.42. The topological polar surface area (TPSA) is 66.4 Å². The summed E-state index contributed by atoms with van der Waals surface area (Å²) in [6.07, 6.45) is -1.50. The molecule has 1 unspecified atom stereocenters. The molecule has 0 rings (SSSR count). The van der Waals surface area contributed by atoms with Gasteiger partial charge < -0.3 is 15.2 Å². The second-order valence-corrected chi connectivity index (χ2v) is 3.68. The minimum absolute atomic E-state index is 0. The van der Waals surface area contributed by atoms with E-state index in [-0.39, 0.29) is 12.0 Å². The van der Waals surface area contributed by atoms with Gasteiger partial charge in [0.2, 0.25) is 0 Å². The minimum atomic E-state index is -4.56. The van der Waals surface area contributed by atoms with Gasteiger partial charge in [-0.05, 0) is 18.9 Å². The fraction of sp³-hybridized carbons (Fsp3) is 0.500. The zero-order valence-electron chi connectivity index (χ0n) is 10.8. The van der Waals surface area contributed by atoms with Gasteiger partial charge in [-0.15, -0.1) is 0 Å². The van der Waals surface area contributed by atoms with E-state index < -0.39 is 30.2 Å². The van der Waals surface area contributed by atoms with Crippen molar-refractivity contribution < 1.29 is 27.9 Å². The Bertz CT molecular complexity index is 392. The van der Waals surface area contributed by atoms with Crippen molar-refractivity contribution in [1.82, 2.24) is 5.32 Å². The van der Waals surface area contributed by atoms with Crippen LogP contribution in [0.1, 0.15) is 26.7 Å². The van der Waals surface area contributed by atoms with Crippen molar-refractivity contribution in [3.63, 3.8) is 0 Å². The van der Waals surface area contributed by atoms with Crippen LogP contribution in [0.3, 0.4) is 0 Å². The normalized spacial score (nSPS) is 14.2. The number of allylic oxidation sites excluding steroid dienone is 3. The Kier molecular flexibility index (Phi) is 8.15. The molecular formula is C12H15F3FmNO3-. The molecule has 0 aromatic heterocycles. The maximum atomic E-state index is 12.8. The fourth-order valence-corrected chi connectivity index (χ4v) is 1.51. The van der Waals surface area contributed by atoms with Crippen molar-refractivity contribution in [2.45, 2.75) is 38.9 Å². The van der Waals surface area contributed by atoms with Crippen LogP contribution in [0.2, 0.25) is 0 Å². The Balaban J connectivity index is 0. The molecule has 0 aliphatic rings. The minimum Gasteiger partial charge on any atom is -0.520 e. The molecule has 0 aliphatic heterocycles. The summed E-state index contributed by atoms with van der Waals surface area (Å²) in [5, 5.41) is 10.6. The van der Waals surface area contributed by atoms with Crippen LogP contribution in [-0.2, 0) is 9.59 Å². The number of rotatable bonds is 7. The third kappa shape index (κ3) is 5.70. The number of nitrogens with one attached hydrogen (secondary N) is 1. The van der Waals surface area contributed by atoms with Gasteiger partial charge in [0.05, 0.1) is 5.57 Å². The van der Waals surface area contributed by atoms with Crippen molar-refractivity contribution in [3.05, 3.63) is 23.3 Å². The van der Waals surface area contributed by atoms with E-state index in [4.69, 9.17) is 5.11 Å². The molecule has 2 N–H and O–H groups in total. The molecule has 0 aliphatic carbocycles. The molecule has 20 heavy (non-hydrogen) atoms. The molecule has 0 heterocycles. The van der Waals surface area contributed by atoms with Crippen molar-refractivity contribution in [1.29, 1.82) is 0 Å². The van der Waals surface area contributed by atoms with Crippen LogP contribution >= 0.6 is 0 Å². The number of hydrogen-bond donors (Lipinski definition) is 2. The Hall–Kier alpha value is -2.79. The van der Waals surface area contributed by atoms with Gasteiger partial charge in [-0.25, -0.2) is 0 Å². The molecule has 1 atom stereocenters. The summed E-state index contributed by atoms with van der Waals surface area (Å²) in [6.45, 7) is 2.93. The van der Waals surface area contributed by atoms with E-state index in [9.17, 15) is 22.8 Å². The van der Waals surface area contributed by atoms with Crippen LogP contribution < -0.4 is 5.32 Å². The van der Waals surface area contributed by atoms with E-state index in [0.717, 1.165) is 6.08 Å². The van der Waals surface area contributed by atoms with Gasteiger partial charge in [0.15, 0.2) is 0 Å². The SMILES string of the molecule is C/C=C(CC(N[C-]=O)C(=O)O)\C(=C/CC)C(F)(F)F.[Fm]. The van der Waals surface area contributed by atoms with Gasteiger partial charge >= 0.3 is 12.1 Å². The molecule has 120 valence electrons. The zero-order chi connectivity index (χ0) is 15.1. The van der Waals surface area contributed by atoms with Crippen molar-refractivity contribution in [2.24, 2.45) is 0 Å². The van der Waals surface area contributed by atoms with Gasteiger partial charge in [0.25, 0.3) is 0 Å². The van der Waals surface area contributed by atoms with E-state index >= 15 is 0 Å². The molecule has 4 nitrogen and oxygen atoms in total. The van der Waals surface area contributed by atoms with Crippen molar-refractivity contribution in [3.8, 4) is 0 Å². The predicted octanol–water partition coefficient (Wildman–Crippen LogP) is 2.33. The maximum absolute atomic E-state index is 12.8. The fourth-order valence-electron chi connectivity index (χ4n) is 1.51. The average molecular weight is 535 g/mol. The Morgan fingerprint density at radius 3 is 2.30 bits per heavy atom. The van der Waals surface area contributed by atoms with E-state index in [1.54, 1.807) is 6.92 Å². The Morgan fingerprint density at radius 2 is 2.00 bits per heavy atom. The molecule has 0 saturated carbocycles. The first kappa shape index (κ1) is 19.5. The second-order valence-electron chi connectivity index (χ2n) is 3.68. The van der Waals surface area contributed by atoms with E-state index in [1.165, 1.54) is 19.4 Å². The first-order valence-electron chi connectivity index (χ1n) is 5.56. The maximum Gasteiger partial charge on any atom is 0.416 e. The monoisotopic (exact) mass is 535 g/mol. The average Bonchev–Trinajstić information content (AvgIpc) is 2.30. The summed E-state index contributed by atoms with van der Waals surface area (Å²) in [6, 6.07) is -1.44. The van der Waals surface area contributed by atoms with Gasteiger partial charge in [-0.3, -0.25) is 4.79 Å². The Morgan fingerprint density at radius 1 is 1.45 bits per heavy atom. The van der Waals surface area contributed by atoms with E-state index in [0.29, 0.717) is 0 Å². The van der Waals surface area contributed by atoms with Crippen LogP contribution in [0.15, 0.2) is 23.3 Å². The van der Waals surface area contributed by atoms with E-state index in [1.807, 2.05) is 5.32 Å². The van der Waals surface area contributed by atoms with Crippen molar-refractivity contribution in [2.75, 3.05) is 0 Å². The van der Waals surface area contributed by atoms with Crippen LogP contribution in [0.5, 0.6) is 0 Å². The molecule has 8 heteroatoms. The molecule has 0 aromatic carbocycles. The quantitative estimate of drug-likeness (QED) is 0.299. The largest absolute Gasteiger partial charge is 0.520 e. The molecule has 0 aromatic rings. The number of halogens is 3. The van der Waals surface area contributed by atoms with Crippen LogP contribution in [0.4, 0.5) is 13.2 Å². The first-order valence-corrected chi connectivity index (χ1v) is 5.56. The molecule has 0 spiro atoms. The molecule has 0 bridgehead atoms. The Labute approximate surface area is 109 Å². The number of hydrogen-bond acceptors (Lipinski definition) is 2. The van der Waals surface area contributed by atoms with Gasteiger partial charge in [0, 0.05) is 6.42 Å². The number of alkyl halides is 3. The standard InChI is InChI=1S/C12H15F3NO3.Fm/c1-3-5-9(12(13,14)15)8(4-2)6-10(11(18)19)16-7-17;/h4-5,10H,3,6H2,1-2H3,(H,16,17)(H,18,19);/q-1;/b8-4-,9-5+;. The molecule has 0 fully saturated rings. The molecule has 1 amide bonds. The smallest absolute Gasteiger partial charge is 0.416 e. The first-order chi connectivity index (χ1) is 8.77. The van der Waals surface area contributed by atoms with Crippen LogP contribution in [0.25, 0.3) is 0 Å². The molecule has 0 radical (unpaired) electrons. The third-order valence-electron chi connectivity index (χ3n) is 2.36. The van der Waals surface area contributed by atoms with E-state index in [2.05, 4.69) is 0 Å².